The molecule has 0 fully saturated rings. The second-order valence-corrected chi connectivity index (χ2v) is 6.13. The third-order valence-electron chi connectivity index (χ3n) is 2.70. The van der Waals surface area contributed by atoms with Crippen LogP contribution in [0.3, 0.4) is 0 Å². The van der Waals surface area contributed by atoms with E-state index >= 15 is 0 Å². The van der Waals surface area contributed by atoms with Crippen molar-refractivity contribution in [2.75, 3.05) is 13.2 Å². The molecule has 1 rings (SSSR count). The zero-order valence-electron chi connectivity index (χ0n) is 11.0. The molecule has 1 heterocycles. The molecule has 0 spiro atoms. The van der Waals surface area contributed by atoms with Crippen LogP contribution >= 0.6 is 27.3 Å². The van der Waals surface area contributed by atoms with Gasteiger partial charge in [-0.05, 0) is 46.8 Å². The summed E-state index contributed by atoms with van der Waals surface area (Å²) in [6, 6.07) is 2.38. The van der Waals surface area contributed by atoms with E-state index in [1.54, 1.807) is 11.3 Å². The Kier molecular flexibility index (Phi) is 6.70. The van der Waals surface area contributed by atoms with Gasteiger partial charge in [-0.1, -0.05) is 20.8 Å². The van der Waals surface area contributed by atoms with Crippen LogP contribution in [0, 0.1) is 5.92 Å². The number of rotatable bonds is 7. The average molecular weight is 320 g/mol. The van der Waals surface area contributed by atoms with E-state index in [9.17, 15) is 0 Å². The Balaban J connectivity index is 2.93. The molecule has 0 amide bonds. The molecule has 0 radical (unpaired) electrons. The van der Waals surface area contributed by atoms with Gasteiger partial charge in [-0.2, -0.15) is 0 Å². The maximum Gasteiger partial charge on any atom is 0.0800 e. The zero-order valence-corrected chi connectivity index (χ0v) is 13.4. The molecule has 0 aliphatic heterocycles. The molecule has 0 aromatic carbocycles. The van der Waals surface area contributed by atoms with Gasteiger partial charge in [0.05, 0.1) is 12.1 Å². The SMILES string of the molecule is CCNC(c1sccc1Br)C(OCC)C(C)C. The lowest BCUT2D eigenvalue weighted by atomic mass is 9.98. The molecule has 0 aliphatic carbocycles. The van der Waals surface area contributed by atoms with Crippen LogP contribution in [-0.4, -0.2) is 19.3 Å². The first-order valence-corrected chi connectivity index (χ1v) is 7.86. The molecular formula is C13H22BrNOS. The van der Waals surface area contributed by atoms with Gasteiger partial charge in [-0.3, -0.25) is 0 Å². The first-order valence-electron chi connectivity index (χ1n) is 6.19. The summed E-state index contributed by atoms with van der Waals surface area (Å²) in [4.78, 5) is 1.33. The highest BCUT2D eigenvalue weighted by atomic mass is 79.9. The van der Waals surface area contributed by atoms with Gasteiger partial charge < -0.3 is 10.1 Å². The highest BCUT2D eigenvalue weighted by Crippen LogP contribution is 2.34. The number of halogens is 1. The Labute approximate surface area is 117 Å². The second kappa shape index (κ2) is 7.52. The fourth-order valence-electron chi connectivity index (χ4n) is 1.97. The topological polar surface area (TPSA) is 21.3 Å². The highest BCUT2D eigenvalue weighted by Gasteiger charge is 2.28. The van der Waals surface area contributed by atoms with Crippen molar-refractivity contribution < 1.29 is 4.74 Å². The number of likely N-dealkylation sites (N-methyl/N-ethyl adjacent to an activating group) is 1. The van der Waals surface area contributed by atoms with E-state index in [0.29, 0.717) is 5.92 Å². The minimum Gasteiger partial charge on any atom is -0.376 e. The van der Waals surface area contributed by atoms with Gasteiger partial charge >= 0.3 is 0 Å². The summed E-state index contributed by atoms with van der Waals surface area (Å²) < 4.78 is 7.10. The molecule has 2 nitrogen and oxygen atoms in total. The lowest BCUT2D eigenvalue weighted by molar-refractivity contribution is 0.00387. The van der Waals surface area contributed by atoms with Crippen molar-refractivity contribution in [3.05, 3.63) is 20.8 Å². The molecule has 2 unspecified atom stereocenters. The predicted octanol–water partition coefficient (Wildman–Crippen LogP) is 4.22. The van der Waals surface area contributed by atoms with Gasteiger partial charge in [0.2, 0.25) is 0 Å². The number of hydrogen-bond acceptors (Lipinski definition) is 3. The first kappa shape index (κ1) is 15.2. The van der Waals surface area contributed by atoms with Crippen LogP contribution in [0.2, 0.25) is 0 Å². The Hall–Kier alpha value is 0.1000. The molecule has 4 heteroatoms. The molecule has 1 N–H and O–H groups in total. The molecule has 0 bridgehead atoms. The van der Waals surface area contributed by atoms with Crippen LogP contribution in [0.1, 0.15) is 38.6 Å². The van der Waals surface area contributed by atoms with Crippen molar-refractivity contribution in [3.8, 4) is 0 Å². The van der Waals surface area contributed by atoms with E-state index in [-0.39, 0.29) is 12.1 Å². The normalized spacial score (nSPS) is 15.2. The van der Waals surface area contributed by atoms with E-state index in [2.05, 4.69) is 60.4 Å². The fourth-order valence-corrected chi connectivity index (χ4v) is 3.70. The number of nitrogens with one attached hydrogen (secondary N) is 1. The fraction of sp³-hybridized carbons (Fsp3) is 0.692. The smallest absolute Gasteiger partial charge is 0.0800 e. The van der Waals surface area contributed by atoms with Crippen molar-refractivity contribution in [2.24, 2.45) is 5.92 Å². The minimum absolute atomic E-state index is 0.217. The second-order valence-electron chi connectivity index (χ2n) is 4.33. The molecule has 0 saturated carbocycles. The zero-order chi connectivity index (χ0) is 12.8. The van der Waals surface area contributed by atoms with Crippen molar-refractivity contribution in [1.29, 1.82) is 0 Å². The van der Waals surface area contributed by atoms with Crippen LogP contribution in [-0.2, 0) is 4.74 Å². The number of thiophene rings is 1. The summed E-state index contributed by atoms with van der Waals surface area (Å²) in [6.45, 7) is 10.3. The quantitative estimate of drug-likeness (QED) is 0.812. The Morgan fingerprint density at radius 2 is 2.12 bits per heavy atom. The van der Waals surface area contributed by atoms with E-state index in [4.69, 9.17) is 4.74 Å². The Bertz CT molecular complexity index is 327. The molecule has 98 valence electrons. The standard InChI is InChI=1S/C13H22BrNOS/c1-5-15-11(12(9(3)4)16-6-2)13-10(14)7-8-17-13/h7-9,11-12,15H,5-6H2,1-4H3. The van der Waals surface area contributed by atoms with Crippen LogP contribution in [0.5, 0.6) is 0 Å². The Morgan fingerprint density at radius 1 is 1.41 bits per heavy atom. The maximum absolute atomic E-state index is 5.92. The summed E-state index contributed by atoms with van der Waals surface area (Å²) >= 11 is 5.40. The number of hydrogen-bond donors (Lipinski definition) is 1. The van der Waals surface area contributed by atoms with Gasteiger partial charge in [-0.25, -0.2) is 0 Å². The molecule has 17 heavy (non-hydrogen) atoms. The van der Waals surface area contributed by atoms with Gasteiger partial charge in [0.25, 0.3) is 0 Å². The monoisotopic (exact) mass is 319 g/mol. The van der Waals surface area contributed by atoms with Gasteiger partial charge in [0, 0.05) is 16.0 Å². The largest absolute Gasteiger partial charge is 0.376 e. The van der Waals surface area contributed by atoms with Crippen LogP contribution < -0.4 is 5.32 Å². The third kappa shape index (κ3) is 4.05. The van der Waals surface area contributed by atoms with Crippen molar-refractivity contribution in [2.45, 2.75) is 39.8 Å². The van der Waals surface area contributed by atoms with E-state index in [1.807, 2.05) is 0 Å². The molecule has 1 aromatic heterocycles. The summed E-state index contributed by atoms with van der Waals surface area (Å²) in [5.41, 5.74) is 0. The van der Waals surface area contributed by atoms with Crippen LogP contribution in [0.15, 0.2) is 15.9 Å². The first-order chi connectivity index (χ1) is 8.11. The third-order valence-corrected chi connectivity index (χ3v) is 4.65. The summed E-state index contributed by atoms with van der Waals surface area (Å²) in [6.07, 6.45) is 0.217. The van der Waals surface area contributed by atoms with Crippen molar-refractivity contribution >= 4 is 27.3 Å². The molecule has 0 saturated heterocycles. The Morgan fingerprint density at radius 3 is 2.53 bits per heavy atom. The number of ether oxygens (including phenoxy) is 1. The lowest BCUT2D eigenvalue weighted by Crippen LogP contribution is -2.37. The van der Waals surface area contributed by atoms with Gasteiger partial charge in [0.1, 0.15) is 0 Å². The van der Waals surface area contributed by atoms with Gasteiger partial charge in [-0.15, -0.1) is 11.3 Å². The average Bonchev–Trinajstić information content (AvgIpc) is 2.69. The van der Waals surface area contributed by atoms with Crippen LogP contribution in [0.4, 0.5) is 0 Å². The van der Waals surface area contributed by atoms with E-state index < -0.39 is 0 Å². The minimum atomic E-state index is 0.217. The van der Waals surface area contributed by atoms with E-state index in [0.717, 1.165) is 13.2 Å². The molecule has 0 aliphatic rings. The van der Waals surface area contributed by atoms with Crippen molar-refractivity contribution in [3.63, 3.8) is 0 Å². The van der Waals surface area contributed by atoms with E-state index in [1.165, 1.54) is 9.35 Å². The lowest BCUT2D eigenvalue weighted by Gasteiger charge is -2.30. The van der Waals surface area contributed by atoms with Crippen LogP contribution in [0.25, 0.3) is 0 Å². The summed E-state index contributed by atoms with van der Waals surface area (Å²) in [5, 5.41) is 5.67. The van der Waals surface area contributed by atoms with Gasteiger partial charge in [0.15, 0.2) is 0 Å². The maximum atomic E-state index is 5.92. The molecular weight excluding hydrogens is 298 g/mol. The highest BCUT2D eigenvalue weighted by molar-refractivity contribution is 9.10. The summed E-state index contributed by atoms with van der Waals surface area (Å²) in [5.74, 6) is 0.494. The molecule has 2 atom stereocenters. The summed E-state index contributed by atoms with van der Waals surface area (Å²) in [7, 11) is 0. The van der Waals surface area contributed by atoms with Crippen molar-refractivity contribution in [1.82, 2.24) is 5.32 Å². The molecule has 1 aromatic rings. The predicted molar refractivity (Wildman–Crippen MR) is 78.7 cm³/mol.